The Morgan fingerprint density at radius 3 is 1.82 bits per heavy atom. The monoisotopic (exact) mass is 580 g/mol. The van der Waals surface area contributed by atoms with Gasteiger partial charge in [-0.2, -0.15) is 0 Å². The maximum absolute atomic E-state index is 14.2. The Kier molecular flexibility index (Phi) is 13.7. The number of hydrogen-bond donors (Lipinski definition) is 1. The molecule has 2 aromatic rings. The number of aliphatic hydroxyl groups excluding tert-OH is 1. The molecule has 11 heteroatoms. The molecule has 0 fully saturated rings. The van der Waals surface area contributed by atoms with Gasteiger partial charge in [0.15, 0.2) is 50.7 Å². The molecule has 0 aliphatic carbocycles. The molecule has 2 aromatic carbocycles. The fraction of sp³-hybridized carbons (Fsp3) is 0.552. The second kappa shape index (κ2) is 16.4. The molecule has 0 spiro atoms. The zero-order valence-corrected chi connectivity index (χ0v) is 25.9. The first-order chi connectivity index (χ1) is 19.3. The Morgan fingerprint density at radius 1 is 0.775 bits per heavy atom. The summed E-state index contributed by atoms with van der Waals surface area (Å²) in [4.78, 5) is 14.2. The quantitative estimate of drug-likeness (QED) is 0.182. The second-order valence-electron chi connectivity index (χ2n) is 9.13. The molecule has 2 rings (SSSR count). The molecule has 0 saturated heterocycles. The molecular weight excluding hydrogens is 536 g/mol. The van der Waals surface area contributed by atoms with Crippen molar-refractivity contribution in [2.75, 3.05) is 49.1 Å². The van der Waals surface area contributed by atoms with E-state index in [4.69, 9.17) is 37.6 Å². The number of methoxy groups -OCH3 is 5. The number of carbonyl (C=O) groups excluding carboxylic acids is 1. The molecule has 2 unspecified atom stereocenters. The number of aliphatic hydroxyl groups is 1. The zero-order chi connectivity index (χ0) is 29.7. The molecule has 0 heterocycles. The minimum absolute atomic E-state index is 0.0258. The van der Waals surface area contributed by atoms with Gasteiger partial charge in [0.25, 0.3) is 0 Å². The lowest BCUT2D eigenvalue weighted by Gasteiger charge is -2.35. The fourth-order valence-electron chi connectivity index (χ4n) is 4.57. The zero-order valence-electron chi connectivity index (χ0n) is 24.9. The molecule has 0 saturated carbocycles. The number of para-hydroxylation sites is 1. The number of hydrogen-bond acceptors (Lipinski definition) is 10. The van der Waals surface area contributed by atoms with Gasteiger partial charge < -0.3 is 42.7 Å². The molecule has 0 aliphatic heterocycles. The van der Waals surface area contributed by atoms with Crippen molar-refractivity contribution < 1.29 is 47.5 Å². The van der Waals surface area contributed by atoms with Crippen LogP contribution in [-0.2, 0) is 25.1 Å². The minimum Gasteiger partial charge on any atom is -0.496 e. The van der Waals surface area contributed by atoms with Crippen molar-refractivity contribution in [2.45, 2.75) is 57.5 Å². The highest BCUT2D eigenvalue weighted by molar-refractivity contribution is 6.73. The van der Waals surface area contributed by atoms with Crippen molar-refractivity contribution in [1.29, 1.82) is 0 Å². The summed E-state index contributed by atoms with van der Waals surface area (Å²) in [6, 6.07) is 11.0. The summed E-state index contributed by atoms with van der Waals surface area (Å²) in [7, 11) is 5.13. The molecule has 1 N–H and O–H groups in total. The Bertz CT molecular complexity index is 1060. The van der Waals surface area contributed by atoms with Crippen LogP contribution in [0.15, 0.2) is 30.3 Å². The Balaban J connectivity index is 2.67. The van der Waals surface area contributed by atoms with Gasteiger partial charge in [-0.1, -0.05) is 32.9 Å². The molecular formula is C29H44O10Si. The van der Waals surface area contributed by atoms with E-state index in [9.17, 15) is 9.90 Å². The normalized spacial score (nSPS) is 12.9. The highest BCUT2D eigenvalue weighted by atomic mass is 28.4. The van der Waals surface area contributed by atoms with Gasteiger partial charge in [0.05, 0.1) is 26.9 Å². The Labute approximate surface area is 238 Å². The highest BCUT2D eigenvalue weighted by Crippen LogP contribution is 2.45. The van der Waals surface area contributed by atoms with Crippen molar-refractivity contribution in [1.82, 2.24) is 0 Å². The number of ketones is 1. The molecule has 10 nitrogen and oxygen atoms in total. The van der Waals surface area contributed by atoms with Gasteiger partial charge in [-0.15, -0.1) is 0 Å². The van der Waals surface area contributed by atoms with E-state index in [1.54, 1.807) is 30.3 Å². The summed E-state index contributed by atoms with van der Waals surface area (Å²) in [6.45, 7) is 6.08. The third kappa shape index (κ3) is 7.88. The molecule has 40 heavy (non-hydrogen) atoms. The van der Waals surface area contributed by atoms with E-state index in [1.807, 2.05) is 0 Å². The maximum atomic E-state index is 14.2. The Hall–Kier alpha value is -2.83. The van der Waals surface area contributed by atoms with Crippen LogP contribution in [0.25, 0.3) is 0 Å². The van der Waals surface area contributed by atoms with Crippen molar-refractivity contribution in [3.63, 3.8) is 0 Å². The van der Waals surface area contributed by atoms with Gasteiger partial charge in [-0.25, -0.2) is 0 Å². The first-order valence-corrected chi connectivity index (χ1v) is 15.9. The lowest BCUT2D eigenvalue weighted by molar-refractivity contribution is -0.135. The number of rotatable bonds is 19. The van der Waals surface area contributed by atoms with E-state index < -0.39 is 26.3 Å². The van der Waals surface area contributed by atoms with E-state index in [0.717, 1.165) is 18.1 Å². The third-order valence-corrected chi connectivity index (χ3v) is 11.6. The summed E-state index contributed by atoms with van der Waals surface area (Å²) in [6.07, 6.45) is -2.69. The second-order valence-corrected chi connectivity index (χ2v) is 13.9. The first-order valence-electron chi connectivity index (χ1n) is 13.3. The standard InChI is InChI=1S/C29H44O10Si/c1-9-40(10-2,11-3)39-29(25-22(34-6)15-16-24(36-8)28(25)38-19-33-5)26(31)21(30)17-20-13-12-14-23(35-7)27(20)37-18-32-4/h12-16,21,29-30H,9-11,17-19H2,1-8H3. The smallest absolute Gasteiger partial charge is 0.193 e. The van der Waals surface area contributed by atoms with Crippen LogP contribution >= 0.6 is 0 Å². The molecule has 0 radical (unpaired) electrons. The van der Waals surface area contributed by atoms with E-state index in [-0.39, 0.29) is 25.8 Å². The number of carbonyl (C=O) groups is 1. The van der Waals surface area contributed by atoms with E-state index in [1.165, 1.54) is 35.5 Å². The molecule has 0 aromatic heterocycles. The SMILES string of the molecule is CC[Si](CC)(CC)OC(C(=O)C(O)Cc1cccc(OC)c1OCOC)c1c(OC)ccc(OC)c1OCOC. The van der Waals surface area contributed by atoms with Crippen LogP contribution in [0.2, 0.25) is 18.1 Å². The van der Waals surface area contributed by atoms with Crippen LogP contribution in [0, 0.1) is 0 Å². The summed E-state index contributed by atoms with van der Waals surface area (Å²) in [5, 5.41) is 11.4. The summed E-state index contributed by atoms with van der Waals surface area (Å²) in [5.74, 6) is 1.31. The number of benzene rings is 2. The van der Waals surface area contributed by atoms with Crippen LogP contribution in [-0.4, -0.2) is 74.4 Å². The van der Waals surface area contributed by atoms with Crippen molar-refractivity contribution in [2.24, 2.45) is 0 Å². The molecule has 0 amide bonds. The summed E-state index contributed by atoms with van der Waals surface area (Å²) in [5.41, 5.74) is 0.922. The predicted octanol–water partition coefficient (Wildman–Crippen LogP) is 4.91. The summed E-state index contributed by atoms with van der Waals surface area (Å²) >= 11 is 0. The topological polar surface area (TPSA) is 111 Å². The number of Topliss-reactive ketones (excluding diaryl/α,β-unsaturated/α-hetero) is 1. The van der Waals surface area contributed by atoms with Crippen LogP contribution < -0.4 is 23.7 Å². The van der Waals surface area contributed by atoms with Crippen molar-refractivity contribution >= 4 is 14.1 Å². The molecule has 224 valence electrons. The van der Waals surface area contributed by atoms with Gasteiger partial charge in [0.1, 0.15) is 18.0 Å². The maximum Gasteiger partial charge on any atom is 0.193 e. The fourth-order valence-corrected chi connectivity index (χ4v) is 7.31. The van der Waals surface area contributed by atoms with Gasteiger partial charge in [-0.05, 0) is 36.3 Å². The average Bonchev–Trinajstić information content (AvgIpc) is 2.99. The Morgan fingerprint density at radius 2 is 1.30 bits per heavy atom. The van der Waals surface area contributed by atoms with Gasteiger partial charge in [0.2, 0.25) is 0 Å². The lowest BCUT2D eigenvalue weighted by Crippen LogP contribution is -2.42. The van der Waals surface area contributed by atoms with Crippen LogP contribution in [0.4, 0.5) is 0 Å². The third-order valence-electron chi connectivity index (χ3n) is 7.05. The predicted molar refractivity (Wildman–Crippen MR) is 153 cm³/mol. The highest BCUT2D eigenvalue weighted by Gasteiger charge is 2.41. The van der Waals surface area contributed by atoms with E-state index in [2.05, 4.69) is 20.8 Å². The van der Waals surface area contributed by atoms with Crippen molar-refractivity contribution in [3.05, 3.63) is 41.5 Å². The van der Waals surface area contributed by atoms with Crippen LogP contribution in [0.1, 0.15) is 38.0 Å². The first kappa shape index (κ1) is 33.4. The van der Waals surface area contributed by atoms with Crippen molar-refractivity contribution in [3.8, 4) is 28.7 Å². The van der Waals surface area contributed by atoms with E-state index >= 15 is 0 Å². The van der Waals surface area contributed by atoms with Crippen LogP contribution in [0.3, 0.4) is 0 Å². The summed E-state index contributed by atoms with van der Waals surface area (Å²) < 4.78 is 45.3. The minimum atomic E-state index is -2.40. The van der Waals surface area contributed by atoms with Gasteiger partial charge >= 0.3 is 0 Å². The van der Waals surface area contributed by atoms with Crippen LogP contribution in [0.5, 0.6) is 28.7 Å². The van der Waals surface area contributed by atoms with Gasteiger partial charge in [0, 0.05) is 26.2 Å². The average molecular weight is 581 g/mol. The largest absolute Gasteiger partial charge is 0.496 e. The van der Waals surface area contributed by atoms with E-state index in [0.29, 0.717) is 34.1 Å². The molecule has 0 bridgehead atoms. The lowest BCUT2D eigenvalue weighted by atomic mass is 9.95. The molecule has 0 aliphatic rings. The van der Waals surface area contributed by atoms with Gasteiger partial charge in [-0.3, -0.25) is 4.79 Å². The molecule has 2 atom stereocenters. The number of ether oxygens (including phenoxy) is 7.